The summed E-state index contributed by atoms with van der Waals surface area (Å²) in [6.45, 7) is 3.07. The van der Waals surface area contributed by atoms with E-state index in [1.54, 1.807) is 0 Å². The van der Waals surface area contributed by atoms with E-state index < -0.39 is 0 Å². The highest BCUT2D eigenvalue weighted by Gasteiger charge is 2.32. The molecule has 0 N–H and O–H groups in total. The first-order valence-corrected chi connectivity index (χ1v) is 7.72. The predicted molar refractivity (Wildman–Crippen MR) is 89.8 cm³/mol. The summed E-state index contributed by atoms with van der Waals surface area (Å²) in [5, 5.41) is 2.42. The molecule has 2 aromatic rings. The highest BCUT2D eigenvalue weighted by atomic mass is 16.1. The third-order valence-electron chi connectivity index (χ3n) is 4.25. The molecule has 1 unspecified atom stereocenters. The van der Waals surface area contributed by atoms with E-state index in [4.69, 9.17) is 0 Å². The molecule has 2 aromatic carbocycles. The summed E-state index contributed by atoms with van der Waals surface area (Å²) in [5.74, 6) is 0. The minimum atomic E-state index is -0.375. The average molecular weight is 283 g/mol. The van der Waals surface area contributed by atoms with Crippen molar-refractivity contribution in [3.63, 3.8) is 0 Å². The van der Waals surface area contributed by atoms with Gasteiger partial charge in [-0.2, -0.15) is 0 Å². The van der Waals surface area contributed by atoms with E-state index in [9.17, 15) is 4.79 Å². The van der Waals surface area contributed by atoms with E-state index in [1.807, 2.05) is 6.07 Å². The first-order valence-electron chi connectivity index (χ1n) is 7.72. The number of carbonyl (C=O) groups excluding carboxylic acids is 1. The van der Waals surface area contributed by atoms with Crippen molar-refractivity contribution in [1.82, 2.24) is 4.90 Å². The molecule has 0 aliphatic carbocycles. The lowest BCUT2D eigenvalue weighted by molar-refractivity contribution is -0.113. The van der Waals surface area contributed by atoms with Gasteiger partial charge in [0.05, 0.1) is 5.41 Å². The van der Waals surface area contributed by atoms with Gasteiger partial charge in [-0.05, 0) is 49.8 Å². The van der Waals surface area contributed by atoms with Crippen LogP contribution in [-0.2, 0) is 10.2 Å². The molecule has 112 valence electrons. The molecule has 0 fully saturated rings. The van der Waals surface area contributed by atoms with Crippen LogP contribution in [0.3, 0.4) is 0 Å². The van der Waals surface area contributed by atoms with Crippen molar-refractivity contribution < 1.29 is 4.79 Å². The smallest absolute Gasteiger partial charge is 0.130 e. The molecule has 0 spiro atoms. The van der Waals surface area contributed by atoms with Gasteiger partial charge in [-0.1, -0.05) is 55.8 Å². The maximum atomic E-state index is 12.1. The molecule has 2 nitrogen and oxygen atoms in total. The number of fused-ring (bicyclic) bond motifs is 1. The van der Waals surface area contributed by atoms with Crippen molar-refractivity contribution in [3.05, 3.63) is 48.0 Å². The number of rotatable bonds is 7. The van der Waals surface area contributed by atoms with E-state index >= 15 is 0 Å². The molecule has 0 radical (unpaired) electrons. The van der Waals surface area contributed by atoms with Gasteiger partial charge in [-0.3, -0.25) is 0 Å². The fourth-order valence-corrected chi connectivity index (χ4v) is 3.10. The Bertz CT molecular complexity index is 600. The van der Waals surface area contributed by atoms with Crippen LogP contribution in [-0.4, -0.2) is 31.8 Å². The molecule has 0 saturated heterocycles. The third kappa shape index (κ3) is 3.33. The zero-order valence-electron chi connectivity index (χ0n) is 13.3. The van der Waals surface area contributed by atoms with Crippen LogP contribution < -0.4 is 0 Å². The van der Waals surface area contributed by atoms with Gasteiger partial charge in [-0.15, -0.1) is 0 Å². The number of nitrogens with zero attached hydrogens (tertiary/aromatic N) is 1. The molecule has 21 heavy (non-hydrogen) atoms. The fraction of sp³-hybridized carbons (Fsp3) is 0.421. The summed E-state index contributed by atoms with van der Waals surface area (Å²) in [5.41, 5.74) is 0.805. The quantitative estimate of drug-likeness (QED) is 0.715. The lowest BCUT2D eigenvalue weighted by atomic mass is 9.73. The lowest BCUT2D eigenvalue weighted by Gasteiger charge is -2.31. The van der Waals surface area contributed by atoms with Crippen LogP contribution in [0.4, 0.5) is 0 Å². The van der Waals surface area contributed by atoms with Gasteiger partial charge < -0.3 is 9.69 Å². The number of benzene rings is 2. The molecule has 1 atom stereocenters. The van der Waals surface area contributed by atoms with Gasteiger partial charge in [0.1, 0.15) is 6.29 Å². The number of aldehydes is 1. The van der Waals surface area contributed by atoms with Gasteiger partial charge in [0.15, 0.2) is 0 Å². The van der Waals surface area contributed by atoms with Gasteiger partial charge in [0, 0.05) is 0 Å². The molecule has 0 heterocycles. The van der Waals surface area contributed by atoms with Gasteiger partial charge in [0.2, 0.25) is 0 Å². The zero-order chi connectivity index (χ0) is 15.3. The normalized spacial score (nSPS) is 14.3. The van der Waals surface area contributed by atoms with E-state index in [0.29, 0.717) is 0 Å². The lowest BCUT2D eigenvalue weighted by Crippen LogP contribution is -2.32. The third-order valence-corrected chi connectivity index (χ3v) is 4.25. The first kappa shape index (κ1) is 15.7. The van der Waals surface area contributed by atoms with E-state index in [1.165, 1.54) is 22.6 Å². The molecular weight excluding hydrogens is 258 g/mol. The second-order valence-corrected chi connectivity index (χ2v) is 6.10. The summed E-state index contributed by atoms with van der Waals surface area (Å²) in [7, 11) is 4.12. The number of carbonyl (C=O) groups is 1. The van der Waals surface area contributed by atoms with Gasteiger partial charge in [0.25, 0.3) is 0 Å². The SMILES string of the molecule is CCCC(C=O)(CCN(C)C)c1cccc2ccccc12. The molecule has 2 heteroatoms. The largest absolute Gasteiger partial charge is 0.309 e. The Hall–Kier alpha value is -1.67. The minimum Gasteiger partial charge on any atom is -0.309 e. The standard InChI is InChI=1S/C19H25NO/c1-4-12-19(15-21,13-14-20(2)3)18-11-7-9-16-8-5-6-10-17(16)18/h5-11,15H,4,12-14H2,1-3H3. The van der Waals surface area contributed by atoms with Crippen molar-refractivity contribution in [2.75, 3.05) is 20.6 Å². The molecule has 0 aliphatic rings. The number of hydrogen-bond acceptors (Lipinski definition) is 2. The van der Waals surface area contributed by atoms with Gasteiger partial charge in [-0.25, -0.2) is 0 Å². The predicted octanol–water partition coefficient (Wildman–Crippen LogP) is 4.03. The fourth-order valence-electron chi connectivity index (χ4n) is 3.10. The minimum absolute atomic E-state index is 0.375. The first-order chi connectivity index (χ1) is 10.1. The van der Waals surface area contributed by atoms with Crippen LogP contribution in [0.25, 0.3) is 10.8 Å². The maximum absolute atomic E-state index is 12.1. The Balaban J connectivity index is 2.54. The zero-order valence-corrected chi connectivity index (χ0v) is 13.3. The Kier molecular flexibility index (Phi) is 5.13. The molecule has 0 saturated carbocycles. The van der Waals surface area contributed by atoms with Crippen LogP contribution in [0.15, 0.2) is 42.5 Å². The molecular formula is C19H25NO. The van der Waals surface area contributed by atoms with Crippen molar-refractivity contribution in [2.24, 2.45) is 0 Å². The summed E-state index contributed by atoms with van der Waals surface area (Å²) < 4.78 is 0. The molecule has 0 amide bonds. The van der Waals surface area contributed by atoms with Crippen LogP contribution in [0.1, 0.15) is 31.7 Å². The van der Waals surface area contributed by atoms with Crippen molar-refractivity contribution in [1.29, 1.82) is 0 Å². The Morgan fingerprint density at radius 1 is 1.05 bits per heavy atom. The Labute approximate surface area is 127 Å². The van der Waals surface area contributed by atoms with Gasteiger partial charge >= 0.3 is 0 Å². The van der Waals surface area contributed by atoms with E-state index in [-0.39, 0.29) is 5.41 Å². The van der Waals surface area contributed by atoms with Crippen LogP contribution in [0, 0.1) is 0 Å². The summed E-state index contributed by atoms with van der Waals surface area (Å²) in [6, 6.07) is 14.7. The van der Waals surface area contributed by atoms with Crippen molar-refractivity contribution >= 4 is 17.1 Å². The molecule has 0 aliphatic heterocycles. The highest BCUT2D eigenvalue weighted by molar-refractivity contribution is 5.90. The van der Waals surface area contributed by atoms with Crippen LogP contribution in [0.2, 0.25) is 0 Å². The van der Waals surface area contributed by atoms with Crippen LogP contribution in [0.5, 0.6) is 0 Å². The van der Waals surface area contributed by atoms with Crippen molar-refractivity contribution in [2.45, 2.75) is 31.6 Å². The summed E-state index contributed by atoms with van der Waals surface area (Å²) in [6.07, 6.45) is 3.96. The Morgan fingerprint density at radius 3 is 2.43 bits per heavy atom. The molecule has 0 aromatic heterocycles. The van der Waals surface area contributed by atoms with E-state index in [0.717, 1.165) is 25.8 Å². The van der Waals surface area contributed by atoms with Crippen molar-refractivity contribution in [3.8, 4) is 0 Å². The number of hydrogen-bond donors (Lipinski definition) is 0. The second-order valence-electron chi connectivity index (χ2n) is 6.10. The van der Waals surface area contributed by atoms with Crippen LogP contribution >= 0.6 is 0 Å². The highest BCUT2D eigenvalue weighted by Crippen LogP contribution is 2.36. The van der Waals surface area contributed by atoms with E-state index in [2.05, 4.69) is 62.3 Å². The summed E-state index contributed by atoms with van der Waals surface area (Å²) >= 11 is 0. The Morgan fingerprint density at radius 2 is 1.76 bits per heavy atom. The topological polar surface area (TPSA) is 20.3 Å². The summed E-state index contributed by atoms with van der Waals surface area (Å²) in [4.78, 5) is 14.2. The average Bonchev–Trinajstić information content (AvgIpc) is 2.51. The monoisotopic (exact) mass is 283 g/mol. The molecule has 0 bridgehead atoms. The maximum Gasteiger partial charge on any atom is 0.130 e. The molecule has 2 rings (SSSR count). The second kappa shape index (κ2) is 6.86.